The van der Waals surface area contributed by atoms with Crippen LogP contribution in [-0.4, -0.2) is 34.1 Å². The highest BCUT2D eigenvalue weighted by atomic mass is 32.2. The van der Waals surface area contributed by atoms with Gasteiger partial charge in [0.05, 0.1) is 11.4 Å². The van der Waals surface area contributed by atoms with E-state index in [9.17, 15) is 13.2 Å². The molecule has 2 amide bonds. The Bertz CT molecular complexity index is 777. The molecule has 25 heavy (non-hydrogen) atoms. The molecule has 2 rings (SSSR count). The highest BCUT2D eigenvalue weighted by molar-refractivity contribution is 7.89. The molecule has 0 aromatic heterocycles. The first-order chi connectivity index (χ1) is 11.9. The number of hydrogen-bond donors (Lipinski definition) is 3. The molecule has 0 saturated heterocycles. The molecule has 0 aliphatic rings. The molecule has 4 N–H and O–H groups in total. The van der Waals surface area contributed by atoms with E-state index in [1.807, 2.05) is 30.3 Å². The van der Waals surface area contributed by atoms with E-state index in [-0.39, 0.29) is 10.9 Å². The monoisotopic (exact) mass is 363 g/mol. The summed E-state index contributed by atoms with van der Waals surface area (Å²) < 4.78 is 27.8. The zero-order chi connectivity index (χ0) is 18.1. The summed E-state index contributed by atoms with van der Waals surface area (Å²) in [6.45, 7) is 1.20. The first-order valence-corrected chi connectivity index (χ1v) is 9.31. The lowest BCUT2D eigenvalue weighted by Gasteiger charge is -2.09. The summed E-state index contributed by atoms with van der Waals surface area (Å²) in [7, 11) is -3.68. The summed E-state index contributed by atoms with van der Waals surface area (Å²) in [6, 6.07) is 15.3. The van der Waals surface area contributed by atoms with Gasteiger partial charge in [-0.3, -0.25) is 0 Å². The van der Waals surface area contributed by atoms with E-state index >= 15 is 0 Å². The van der Waals surface area contributed by atoms with Crippen LogP contribution in [-0.2, 0) is 16.4 Å². The van der Waals surface area contributed by atoms with Crippen molar-refractivity contribution < 1.29 is 17.9 Å². The second kappa shape index (κ2) is 9.05. The molecule has 0 radical (unpaired) electrons. The number of carbonyl (C=O) groups excluding carboxylic acids is 1. The van der Waals surface area contributed by atoms with Crippen LogP contribution in [0.4, 0.5) is 4.79 Å². The number of hydrogen-bond acceptors (Lipinski definition) is 4. The van der Waals surface area contributed by atoms with Crippen molar-refractivity contribution in [3.63, 3.8) is 0 Å². The number of ether oxygens (including phenoxy) is 1. The predicted molar refractivity (Wildman–Crippen MR) is 94.9 cm³/mol. The van der Waals surface area contributed by atoms with Crippen LogP contribution in [0.1, 0.15) is 5.56 Å². The Morgan fingerprint density at radius 3 is 2.24 bits per heavy atom. The van der Waals surface area contributed by atoms with Crippen LogP contribution < -0.4 is 20.5 Å². The van der Waals surface area contributed by atoms with Gasteiger partial charge >= 0.3 is 6.03 Å². The topological polar surface area (TPSA) is 111 Å². The number of carbonyl (C=O) groups is 1. The van der Waals surface area contributed by atoms with Crippen LogP contribution in [0.3, 0.4) is 0 Å². The van der Waals surface area contributed by atoms with Crippen LogP contribution in [0.5, 0.6) is 5.75 Å². The lowest BCUT2D eigenvalue weighted by Crippen LogP contribution is -2.38. The molecule has 7 nitrogen and oxygen atoms in total. The molecular weight excluding hydrogens is 342 g/mol. The number of sulfonamides is 1. The summed E-state index contributed by atoms with van der Waals surface area (Å²) >= 11 is 0. The maximum Gasteiger partial charge on any atom is 0.314 e. The molecule has 0 aliphatic carbocycles. The molecule has 0 aliphatic heterocycles. The van der Waals surface area contributed by atoms with Crippen molar-refractivity contribution in [2.45, 2.75) is 11.3 Å². The minimum Gasteiger partial charge on any atom is -0.492 e. The molecular formula is C17H21N3O4S. The number of rotatable bonds is 8. The fraction of sp³-hybridized carbons (Fsp3) is 0.235. The highest BCUT2D eigenvalue weighted by Gasteiger charge is 2.06. The van der Waals surface area contributed by atoms with Crippen molar-refractivity contribution in [1.82, 2.24) is 10.6 Å². The smallest absolute Gasteiger partial charge is 0.314 e. The van der Waals surface area contributed by atoms with Gasteiger partial charge < -0.3 is 15.4 Å². The number of urea groups is 1. The molecule has 0 spiro atoms. The lowest BCUT2D eigenvalue weighted by atomic mass is 10.1. The maximum atomic E-state index is 11.7. The van der Waals surface area contributed by atoms with E-state index in [2.05, 4.69) is 10.6 Å². The molecule has 0 atom stereocenters. The van der Waals surface area contributed by atoms with Crippen LogP contribution in [0.25, 0.3) is 0 Å². The second-order valence-electron chi connectivity index (χ2n) is 5.28. The van der Waals surface area contributed by atoms with Gasteiger partial charge in [0, 0.05) is 6.54 Å². The summed E-state index contributed by atoms with van der Waals surface area (Å²) in [5.41, 5.74) is 0.903. The van der Waals surface area contributed by atoms with E-state index in [1.165, 1.54) is 12.1 Å². The second-order valence-corrected chi connectivity index (χ2v) is 6.84. The molecule has 0 fully saturated rings. The third-order valence-electron chi connectivity index (χ3n) is 3.35. The zero-order valence-electron chi connectivity index (χ0n) is 13.6. The quantitative estimate of drug-likeness (QED) is 0.613. The van der Waals surface area contributed by atoms with E-state index in [0.29, 0.717) is 26.1 Å². The Hall–Kier alpha value is -2.58. The zero-order valence-corrected chi connectivity index (χ0v) is 14.5. The average Bonchev–Trinajstić information content (AvgIpc) is 2.59. The van der Waals surface area contributed by atoms with E-state index < -0.39 is 10.0 Å². The van der Waals surface area contributed by atoms with Crippen molar-refractivity contribution in [3.8, 4) is 5.75 Å². The molecule has 0 bridgehead atoms. The van der Waals surface area contributed by atoms with Crippen molar-refractivity contribution in [1.29, 1.82) is 0 Å². The third-order valence-corrected chi connectivity index (χ3v) is 4.28. The predicted octanol–water partition coefficient (Wildman–Crippen LogP) is 1.25. The number of primary sulfonamides is 1. The van der Waals surface area contributed by atoms with E-state index in [0.717, 1.165) is 11.3 Å². The van der Waals surface area contributed by atoms with Crippen molar-refractivity contribution >= 4 is 16.1 Å². The Kier molecular flexibility index (Phi) is 6.79. The van der Waals surface area contributed by atoms with Gasteiger partial charge in [-0.15, -0.1) is 0 Å². The minimum absolute atomic E-state index is 0.0698. The van der Waals surface area contributed by atoms with Gasteiger partial charge in [-0.1, -0.05) is 30.3 Å². The van der Waals surface area contributed by atoms with Gasteiger partial charge in [-0.25, -0.2) is 18.4 Å². The SMILES string of the molecule is NS(=O)(=O)c1ccc(CCNC(=O)NCCOc2ccccc2)cc1. The van der Waals surface area contributed by atoms with Crippen molar-refractivity contribution in [2.75, 3.05) is 19.7 Å². The molecule has 2 aromatic rings. The van der Waals surface area contributed by atoms with Crippen LogP contribution >= 0.6 is 0 Å². The fourth-order valence-corrected chi connectivity index (χ4v) is 2.59. The first kappa shape index (κ1) is 18.8. The van der Waals surface area contributed by atoms with Crippen LogP contribution in [0.15, 0.2) is 59.5 Å². The Balaban J connectivity index is 1.62. The Morgan fingerprint density at radius 2 is 1.60 bits per heavy atom. The largest absolute Gasteiger partial charge is 0.492 e. The van der Waals surface area contributed by atoms with E-state index in [1.54, 1.807) is 12.1 Å². The fourth-order valence-electron chi connectivity index (χ4n) is 2.08. The molecule has 134 valence electrons. The summed E-state index contributed by atoms with van der Waals surface area (Å²) in [6.07, 6.45) is 0.582. The molecule has 0 saturated carbocycles. The minimum atomic E-state index is -3.68. The number of nitrogens with two attached hydrogens (primary N) is 1. The van der Waals surface area contributed by atoms with Gasteiger partial charge in [-0.05, 0) is 36.2 Å². The standard InChI is InChI=1S/C17H21N3O4S/c18-25(22,23)16-8-6-14(7-9-16)10-11-19-17(21)20-12-13-24-15-4-2-1-3-5-15/h1-9H,10-13H2,(H2,18,22,23)(H2,19,20,21). The van der Waals surface area contributed by atoms with Gasteiger partial charge in [0.15, 0.2) is 0 Å². The van der Waals surface area contributed by atoms with Crippen LogP contribution in [0.2, 0.25) is 0 Å². The average molecular weight is 363 g/mol. The van der Waals surface area contributed by atoms with Gasteiger partial charge in [0.1, 0.15) is 12.4 Å². The number of amides is 2. The van der Waals surface area contributed by atoms with Gasteiger partial charge in [-0.2, -0.15) is 0 Å². The molecule has 8 heteroatoms. The van der Waals surface area contributed by atoms with Crippen LogP contribution in [0, 0.1) is 0 Å². The van der Waals surface area contributed by atoms with Crippen molar-refractivity contribution in [3.05, 3.63) is 60.2 Å². The summed E-state index contributed by atoms with van der Waals surface area (Å²) in [5.74, 6) is 0.757. The number of benzene rings is 2. The Morgan fingerprint density at radius 1 is 0.960 bits per heavy atom. The van der Waals surface area contributed by atoms with Gasteiger partial charge in [0.25, 0.3) is 0 Å². The Labute approximate surface area is 147 Å². The summed E-state index contributed by atoms with van der Waals surface area (Å²) in [4.78, 5) is 11.7. The van der Waals surface area contributed by atoms with E-state index in [4.69, 9.17) is 9.88 Å². The lowest BCUT2D eigenvalue weighted by molar-refractivity contribution is 0.236. The van der Waals surface area contributed by atoms with Crippen molar-refractivity contribution in [2.24, 2.45) is 5.14 Å². The first-order valence-electron chi connectivity index (χ1n) is 7.76. The summed E-state index contributed by atoms with van der Waals surface area (Å²) in [5, 5.41) is 10.5. The highest BCUT2D eigenvalue weighted by Crippen LogP contribution is 2.09. The normalized spacial score (nSPS) is 10.9. The van der Waals surface area contributed by atoms with Gasteiger partial charge in [0.2, 0.25) is 10.0 Å². The molecule has 2 aromatic carbocycles. The number of para-hydroxylation sites is 1. The molecule has 0 unspecified atom stereocenters. The third kappa shape index (κ3) is 6.82. The molecule has 0 heterocycles. The number of nitrogens with one attached hydrogen (secondary N) is 2. The maximum absolute atomic E-state index is 11.7.